The van der Waals surface area contributed by atoms with E-state index in [4.69, 9.17) is 5.11 Å². The van der Waals surface area contributed by atoms with Crippen LogP contribution in [0.4, 0.5) is 0 Å². The quantitative estimate of drug-likeness (QED) is 0.695. The summed E-state index contributed by atoms with van der Waals surface area (Å²) in [6.45, 7) is 3.37. The monoisotopic (exact) mass is 207 g/mol. The molecule has 0 amide bonds. The highest BCUT2D eigenvalue weighted by atomic mass is 16.3. The van der Waals surface area contributed by atoms with Gasteiger partial charge < -0.3 is 10.4 Å². The maximum absolute atomic E-state index is 11.4. The van der Waals surface area contributed by atoms with Gasteiger partial charge in [0, 0.05) is 6.42 Å². The standard InChI is InChI=1S/C12H17NO2/c1-2-7-13-9-12(15)8-10-3-5-11(14)6-4-10/h3-6,13-14H,2,7-9H2,1H3. The van der Waals surface area contributed by atoms with Gasteiger partial charge in [0.2, 0.25) is 0 Å². The van der Waals surface area contributed by atoms with Crippen LogP contribution in [0.1, 0.15) is 18.9 Å². The normalized spacial score (nSPS) is 10.2. The number of Topliss-reactive ketones (excluding diaryl/α,β-unsaturated/α-hetero) is 1. The van der Waals surface area contributed by atoms with Gasteiger partial charge in [0.1, 0.15) is 5.75 Å². The Morgan fingerprint density at radius 1 is 1.33 bits per heavy atom. The first kappa shape index (κ1) is 11.7. The fourth-order valence-electron chi connectivity index (χ4n) is 1.31. The van der Waals surface area contributed by atoms with Crippen molar-refractivity contribution >= 4 is 5.78 Å². The molecule has 0 unspecified atom stereocenters. The van der Waals surface area contributed by atoms with Crippen LogP contribution in [0.3, 0.4) is 0 Å². The van der Waals surface area contributed by atoms with Crippen molar-refractivity contribution in [1.82, 2.24) is 5.32 Å². The van der Waals surface area contributed by atoms with Crippen LogP contribution < -0.4 is 5.32 Å². The SMILES string of the molecule is CCCNCC(=O)Cc1ccc(O)cc1. The topological polar surface area (TPSA) is 49.3 Å². The van der Waals surface area contributed by atoms with Crippen LogP contribution in [0.2, 0.25) is 0 Å². The minimum Gasteiger partial charge on any atom is -0.508 e. The third-order valence-corrected chi connectivity index (χ3v) is 2.09. The van der Waals surface area contributed by atoms with Crippen LogP contribution in [0.25, 0.3) is 0 Å². The van der Waals surface area contributed by atoms with Crippen LogP contribution in [-0.2, 0) is 11.2 Å². The van der Waals surface area contributed by atoms with Crippen LogP contribution in [0.5, 0.6) is 5.75 Å². The summed E-state index contributed by atoms with van der Waals surface area (Å²) in [5.41, 5.74) is 0.941. The highest BCUT2D eigenvalue weighted by Gasteiger charge is 2.02. The molecule has 0 aromatic heterocycles. The molecule has 0 saturated heterocycles. The van der Waals surface area contributed by atoms with E-state index >= 15 is 0 Å². The Morgan fingerprint density at radius 2 is 2.00 bits per heavy atom. The zero-order valence-corrected chi connectivity index (χ0v) is 8.99. The Kier molecular flexibility index (Phi) is 4.84. The number of carbonyl (C=O) groups excluding carboxylic acids is 1. The van der Waals surface area contributed by atoms with E-state index in [2.05, 4.69) is 12.2 Å². The van der Waals surface area contributed by atoms with E-state index in [1.54, 1.807) is 24.3 Å². The van der Waals surface area contributed by atoms with Gasteiger partial charge in [0.05, 0.1) is 6.54 Å². The van der Waals surface area contributed by atoms with E-state index in [9.17, 15) is 4.79 Å². The molecule has 3 nitrogen and oxygen atoms in total. The molecule has 82 valence electrons. The van der Waals surface area contributed by atoms with Crippen molar-refractivity contribution in [3.05, 3.63) is 29.8 Å². The summed E-state index contributed by atoms with van der Waals surface area (Å²) in [7, 11) is 0. The van der Waals surface area contributed by atoms with Crippen molar-refractivity contribution in [3.63, 3.8) is 0 Å². The molecule has 15 heavy (non-hydrogen) atoms. The number of rotatable bonds is 6. The average Bonchev–Trinajstić information content (AvgIpc) is 2.22. The van der Waals surface area contributed by atoms with Gasteiger partial charge in [-0.1, -0.05) is 19.1 Å². The molecule has 0 atom stereocenters. The number of phenolic OH excluding ortho intramolecular Hbond substituents is 1. The molecule has 1 rings (SSSR count). The van der Waals surface area contributed by atoms with Crippen molar-refractivity contribution in [3.8, 4) is 5.75 Å². The third kappa shape index (κ3) is 4.61. The fraction of sp³-hybridized carbons (Fsp3) is 0.417. The van der Waals surface area contributed by atoms with Crippen LogP contribution in [0, 0.1) is 0 Å². The van der Waals surface area contributed by atoms with Gasteiger partial charge in [0.15, 0.2) is 5.78 Å². The summed E-state index contributed by atoms with van der Waals surface area (Å²) < 4.78 is 0. The van der Waals surface area contributed by atoms with E-state index < -0.39 is 0 Å². The predicted octanol–water partition coefficient (Wildman–Crippen LogP) is 1.50. The van der Waals surface area contributed by atoms with E-state index in [-0.39, 0.29) is 11.5 Å². The highest BCUT2D eigenvalue weighted by Crippen LogP contribution is 2.09. The lowest BCUT2D eigenvalue weighted by molar-refractivity contribution is -0.117. The fourth-order valence-corrected chi connectivity index (χ4v) is 1.31. The zero-order valence-electron chi connectivity index (χ0n) is 8.99. The van der Waals surface area contributed by atoms with Gasteiger partial charge in [0.25, 0.3) is 0 Å². The van der Waals surface area contributed by atoms with Gasteiger partial charge in [-0.05, 0) is 30.7 Å². The summed E-state index contributed by atoms with van der Waals surface area (Å²) in [4.78, 5) is 11.4. The summed E-state index contributed by atoms with van der Waals surface area (Å²) in [6.07, 6.45) is 1.46. The van der Waals surface area contributed by atoms with Crippen molar-refractivity contribution in [1.29, 1.82) is 0 Å². The minimum absolute atomic E-state index is 0.175. The molecule has 0 aliphatic carbocycles. The predicted molar refractivity (Wildman–Crippen MR) is 60.0 cm³/mol. The van der Waals surface area contributed by atoms with Gasteiger partial charge in [-0.3, -0.25) is 4.79 Å². The lowest BCUT2D eigenvalue weighted by atomic mass is 10.1. The summed E-state index contributed by atoms with van der Waals surface area (Å²) in [6, 6.07) is 6.74. The van der Waals surface area contributed by atoms with Crippen molar-refractivity contribution in [2.75, 3.05) is 13.1 Å². The minimum atomic E-state index is 0.175. The first-order valence-electron chi connectivity index (χ1n) is 5.22. The van der Waals surface area contributed by atoms with E-state index in [0.29, 0.717) is 13.0 Å². The third-order valence-electron chi connectivity index (χ3n) is 2.09. The van der Waals surface area contributed by atoms with Gasteiger partial charge >= 0.3 is 0 Å². The molecule has 1 aromatic carbocycles. The van der Waals surface area contributed by atoms with Crippen LogP contribution >= 0.6 is 0 Å². The second kappa shape index (κ2) is 6.19. The number of ketones is 1. The van der Waals surface area contributed by atoms with Crippen molar-refractivity contribution in [2.24, 2.45) is 0 Å². The van der Waals surface area contributed by atoms with Gasteiger partial charge in [-0.2, -0.15) is 0 Å². The lowest BCUT2D eigenvalue weighted by Crippen LogP contribution is -2.24. The van der Waals surface area contributed by atoms with Gasteiger partial charge in [-0.25, -0.2) is 0 Å². The van der Waals surface area contributed by atoms with Crippen molar-refractivity contribution < 1.29 is 9.90 Å². The summed E-state index contributed by atoms with van der Waals surface area (Å²) in [5.74, 6) is 0.407. The molecular formula is C12H17NO2. The van der Waals surface area contributed by atoms with E-state index in [1.807, 2.05) is 0 Å². The number of hydrogen-bond acceptors (Lipinski definition) is 3. The molecular weight excluding hydrogens is 190 g/mol. The van der Waals surface area contributed by atoms with E-state index in [0.717, 1.165) is 18.5 Å². The molecule has 0 bridgehead atoms. The first-order valence-corrected chi connectivity index (χ1v) is 5.22. The maximum Gasteiger partial charge on any atom is 0.150 e. The molecule has 0 heterocycles. The van der Waals surface area contributed by atoms with Crippen LogP contribution in [-0.4, -0.2) is 24.0 Å². The molecule has 0 aliphatic heterocycles. The smallest absolute Gasteiger partial charge is 0.150 e. The Bertz CT molecular complexity index is 306. The largest absolute Gasteiger partial charge is 0.508 e. The number of hydrogen-bond donors (Lipinski definition) is 2. The molecule has 2 N–H and O–H groups in total. The maximum atomic E-state index is 11.4. The Hall–Kier alpha value is -1.35. The highest BCUT2D eigenvalue weighted by molar-refractivity contribution is 5.82. The second-order valence-corrected chi connectivity index (χ2v) is 3.56. The lowest BCUT2D eigenvalue weighted by Gasteiger charge is -2.02. The summed E-state index contributed by atoms with van der Waals surface area (Å²) >= 11 is 0. The van der Waals surface area contributed by atoms with Gasteiger partial charge in [-0.15, -0.1) is 0 Å². The Morgan fingerprint density at radius 3 is 2.60 bits per heavy atom. The molecule has 0 radical (unpaired) electrons. The number of benzene rings is 1. The molecule has 0 fully saturated rings. The molecule has 0 aliphatic rings. The molecule has 0 saturated carbocycles. The molecule has 0 spiro atoms. The first-order chi connectivity index (χ1) is 7.22. The number of phenols is 1. The number of nitrogens with one attached hydrogen (secondary N) is 1. The Balaban J connectivity index is 2.34. The molecule has 3 heteroatoms. The second-order valence-electron chi connectivity index (χ2n) is 3.56. The van der Waals surface area contributed by atoms with Crippen LogP contribution in [0.15, 0.2) is 24.3 Å². The van der Waals surface area contributed by atoms with Crippen molar-refractivity contribution in [2.45, 2.75) is 19.8 Å². The Labute approximate surface area is 90.1 Å². The number of carbonyl (C=O) groups is 1. The summed E-state index contributed by atoms with van der Waals surface area (Å²) in [5, 5.41) is 12.1. The number of aromatic hydroxyl groups is 1. The zero-order chi connectivity index (χ0) is 11.1. The molecule has 1 aromatic rings. The average molecular weight is 207 g/mol. The van der Waals surface area contributed by atoms with E-state index in [1.165, 1.54) is 0 Å².